The lowest BCUT2D eigenvalue weighted by atomic mass is 10.1. The summed E-state index contributed by atoms with van der Waals surface area (Å²) in [5, 5.41) is 3.47. The van der Waals surface area contributed by atoms with E-state index in [-0.39, 0.29) is 12.2 Å². The van der Waals surface area contributed by atoms with Crippen molar-refractivity contribution in [2.45, 2.75) is 180 Å². The first kappa shape index (κ1) is 32.9. The summed E-state index contributed by atoms with van der Waals surface area (Å²) in [6.07, 6.45) is 34.0. The van der Waals surface area contributed by atoms with Crippen molar-refractivity contribution in [3.63, 3.8) is 0 Å². The molecule has 210 valence electrons. The van der Waals surface area contributed by atoms with Crippen molar-refractivity contribution in [1.82, 2.24) is 5.32 Å². The summed E-state index contributed by atoms with van der Waals surface area (Å²) in [7, 11) is 0. The smallest absolute Gasteiger partial charge is 0.0973 e. The lowest BCUT2D eigenvalue weighted by molar-refractivity contribution is -0.0481. The second-order valence-electron chi connectivity index (χ2n) is 11.3. The summed E-state index contributed by atoms with van der Waals surface area (Å²) in [5.41, 5.74) is 0. The van der Waals surface area contributed by atoms with Crippen molar-refractivity contribution in [3.05, 3.63) is 0 Å². The van der Waals surface area contributed by atoms with Crippen molar-refractivity contribution in [2.75, 3.05) is 26.3 Å². The van der Waals surface area contributed by atoms with Crippen molar-refractivity contribution in [1.29, 1.82) is 0 Å². The van der Waals surface area contributed by atoms with E-state index in [1.165, 1.54) is 154 Å². The van der Waals surface area contributed by atoms with Gasteiger partial charge in [-0.2, -0.15) is 0 Å². The first-order chi connectivity index (χ1) is 17.4. The molecule has 0 radical (unpaired) electrons. The fourth-order valence-corrected chi connectivity index (χ4v) is 5.32. The van der Waals surface area contributed by atoms with E-state index in [0.29, 0.717) is 0 Å². The molecule has 0 aromatic rings. The summed E-state index contributed by atoms with van der Waals surface area (Å²) in [6.45, 7) is 8.32. The highest BCUT2D eigenvalue weighted by molar-refractivity contribution is 4.83. The maximum absolute atomic E-state index is 6.18. The van der Waals surface area contributed by atoms with E-state index in [9.17, 15) is 0 Å². The van der Waals surface area contributed by atoms with Gasteiger partial charge in [-0.3, -0.25) is 0 Å². The van der Waals surface area contributed by atoms with Crippen LogP contribution in [0.15, 0.2) is 0 Å². The monoisotopic (exact) mass is 496 g/mol. The summed E-state index contributed by atoms with van der Waals surface area (Å²) < 4.78 is 12.4. The molecule has 2 atom stereocenters. The third-order valence-electron chi connectivity index (χ3n) is 7.77. The zero-order valence-electron chi connectivity index (χ0n) is 24.3. The molecule has 0 spiro atoms. The number of rotatable bonds is 28. The van der Waals surface area contributed by atoms with Crippen LogP contribution in [-0.2, 0) is 9.47 Å². The maximum atomic E-state index is 6.18. The molecular weight excluding hydrogens is 430 g/mol. The largest absolute Gasteiger partial charge is 0.374 e. The molecule has 1 aliphatic heterocycles. The molecule has 0 saturated carbocycles. The molecule has 0 unspecified atom stereocenters. The van der Waals surface area contributed by atoms with Gasteiger partial charge in [0.2, 0.25) is 0 Å². The predicted octanol–water partition coefficient (Wildman–Crippen LogP) is 9.76. The topological polar surface area (TPSA) is 30.5 Å². The van der Waals surface area contributed by atoms with Gasteiger partial charge >= 0.3 is 0 Å². The fraction of sp³-hybridized carbons (Fsp3) is 1.00. The second-order valence-corrected chi connectivity index (χ2v) is 11.3. The van der Waals surface area contributed by atoms with E-state index >= 15 is 0 Å². The first-order valence-corrected chi connectivity index (χ1v) is 16.3. The van der Waals surface area contributed by atoms with Crippen molar-refractivity contribution in [2.24, 2.45) is 0 Å². The molecule has 0 bridgehead atoms. The summed E-state index contributed by atoms with van der Waals surface area (Å²) >= 11 is 0. The van der Waals surface area contributed by atoms with Crippen LogP contribution in [0, 0.1) is 0 Å². The molecule has 1 N–H and O–H groups in total. The van der Waals surface area contributed by atoms with E-state index in [1.807, 2.05) is 0 Å². The normalized spacial score (nSPS) is 18.0. The highest BCUT2D eigenvalue weighted by Crippen LogP contribution is 2.15. The van der Waals surface area contributed by atoms with E-state index in [0.717, 1.165) is 26.3 Å². The Morgan fingerprint density at radius 2 is 0.657 bits per heavy atom. The van der Waals surface area contributed by atoms with Gasteiger partial charge in [0, 0.05) is 26.3 Å². The van der Waals surface area contributed by atoms with Crippen molar-refractivity contribution >= 4 is 0 Å². The number of hydrogen-bond donors (Lipinski definition) is 1. The van der Waals surface area contributed by atoms with Crippen LogP contribution >= 0.6 is 0 Å². The van der Waals surface area contributed by atoms with Gasteiger partial charge in [0.15, 0.2) is 0 Å². The zero-order chi connectivity index (χ0) is 25.1. The zero-order valence-corrected chi connectivity index (χ0v) is 24.3. The minimum absolute atomic E-state index is 0.264. The number of hydrogen-bond acceptors (Lipinski definition) is 3. The van der Waals surface area contributed by atoms with Crippen LogP contribution in [0.1, 0.15) is 168 Å². The van der Waals surface area contributed by atoms with Gasteiger partial charge < -0.3 is 14.8 Å². The molecule has 0 aliphatic carbocycles. The molecule has 35 heavy (non-hydrogen) atoms. The SMILES string of the molecule is CCCCCCCCCCCCCCO[C@@H]1CNC[C@H]1OCCCCCCCCCCCCCC. The molecule has 1 rings (SSSR count). The van der Waals surface area contributed by atoms with Gasteiger partial charge in [-0.1, -0.05) is 155 Å². The van der Waals surface area contributed by atoms with Gasteiger partial charge in [-0.25, -0.2) is 0 Å². The van der Waals surface area contributed by atoms with Gasteiger partial charge in [-0.15, -0.1) is 0 Å². The Hall–Kier alpha value is -0.120. The Kier molecular flexibility index (Phi) is 25.3. The molecule has 0 aromatic carbocycles. The van der Waals surface area contributed by atoms with E-state index in [1.54, 1.807) is 0 Å². The highest BCUT2D eigenvalue weighted by Gasteiger charge is 2.28. The standard InChI is InChI=1S/C32H65NO2/c1-3-5-7-9-11-13-15-17-19-21-23-25-27-34-31-29-33-30-32(31)35-28-26-24-22-20-18-16-14-12-10-8-6-4-2/h31-33H,3-30H2,1-2H3/t31-,32-/m1/s1. The highest BCUT2D eigenvalue weighted by atomic mass is 16.5. The van der Waals surface area contributed by atoms with Gasteiger partial charge in [0.05, 0.1) is 12.2 Å². The van der Waals surface area contributed by atoms with Crippen LogP contribution in [0.2, 0.25) is 0 Å². The summed E-state index contributed by atoms with van der Waals surface area (Å²) in [5.74, 6) is 0. The fourth-order valence-electron chi connectivity index (χ4n) is 5.32. The Bertz CT molecular complexity index is 367. The number of ether oxygens (including phenoxy) is 2. The molecule has 1 fully saturated rings. The quantitative estimate of drug-likeness (QED) is 0.110. The van der Waals surface area contributed by atoms with Crippen LogP contribution in [-0.4, -0.2) is 38.5 Å². The molecular formula is C32H65NO2. The number of unbranched alkanes of at least 4 members (excludes halogenated alkanes) is 22. The minimum Gasteiger partial charge on any atom is -0.374 e. The van der Waals surface area contributed by atoms with Crippen molar-refractivity contribution in [3.8, 4) is 0 Å². The molecule has 1 aliphatic rings. The van der Waals surface area contributed by atoms with Gasteiger partial charge in [0.25, 0.3) is 0 Å². The molecule has 0 aromatic heterocycles. The maximum Gasteiger partial charge on any atom is 0.0973 e. The van der Waals surface area contributed by atoms with E-state index in [4.69, 9.17) is 9.47 Å². The lowest BCUT2D eigenvalue weighted by Crippen LogP contribution is -2.30. The molecule has 1 heterocycles. The average Bonchev–Trinajstić information content (AvgIpc) is 3.32. The summed E-state index contributed by atoms with van der Waals surface area (Å²) in [4.78, 5) is 0. The molecule has 3 heteroatoms. The first-order valence-electron chi connectivity index (χ1n) is 16.3. The molecule has 0 amide bonds. The predicted molar refractivity (Wildman–Crippen MR) is 155 cm³/mol. The Morgan fingerprint density at radius 3 is 0.943 bits per heavy atom. The van der Waals surface area contributed by atoms with Crippen LogP contribution in [0.25, 0.3) is 0 Å². The van der Waals surface area contributed by atoms with Crippen LogP contribution < -0.4 is 5.32 Å². The van der Waals surface area contributed by atoms with Crippen LogP contribution in [0.4, 0.5) is 0 Å². The van der Waals surface area contributed by atoms with Crippen LogP contribution in [0.5, 0.6) is 0 Å². The summed E-state index contributed by atoms with van der Waals surface area (Å²) in [6, 6.07) is 0. The molecule has 3 nitrogen and oxygen atoms in total. The molecule has 1 saturated heterocycles. The van der Waals surface area contributed by atoms with Crippen LogP contribution in [0.3, 0.4) is 0 Å². The third-order valence-corrected chi connectivity index (χ3v) is 7.77. The second kappa shape index (κ2) is 26.9. The van der Waals surface area contributed by atoms with Crippen molar-refractivity contribution < 1.29 is 9.47 Å². The van der Waals surface area contributed by atoms with Gasteiger partial charge in [0.1, 0.15) is 0 Å². The lowest BCUT2D eigenvalue weighted by Gasteiger charge is -2.20. The number of nitrogens with one attached hydrogen (secondary N) is 1. The Balaban J connectivity index is 1.82. The van der Waals surface area contributed by atoms with E-state index in [2.05, 4.69) is 19.2 Å². The Labute approximate surface area is 221 Å². The van der Waals surface area contributed by atoms with Gasteiger partial charge in [-0.05, 0) is 12.8 Å². The Morgan fingerprint density at radius 1 is 0.400 bits per heavy atom. The third kappa shape index (κ3) is 21.7. The minimum atomic E-state index is 0.264. The van der Waals surface area contributed by atoms with E-state index < -0.39 is 0 Å². The average molecular weight is 496 g/mol.